The predicted octanol–water partition coefficient (Wildman–Crippen LogP) is 2.24. The minimum atomic E-state index is -0.441. The zero-order chi connectivity index (χ0) is 14.4. The first-order valence-electron chi connectivity index (χ1n) is 6.62. The normalized spacial score (nSPS) is 11.7. The molecule has 0 spiro atoms. The van der Waals surface area contributed by atoms with Gasteiger partial charge in [-0.15, -0.1) is 12.4 Å². The van der Waals surface area contributed by atoms with Crippen LogP contribution in [0.3, 0.4) is 0 Å². The number of rotatable bonds is 6. The molecule has 1 unspecified atom stereocenters. The van der Waals surface area contributed by atoms with E-state index in [9.17, 15) is 4.79 Å². The number of likely N-dealkylation sites (N-methyl/N-ethyl adjacent to an activating group) is 1. The fourth-order valence-electron chi connectivity index (χ4n) is 1.66. The zero-order valence-electron chi connectivity index (χ0n) is 12.6. The van der Waals surface area contributed by atoms with Crippen LogP contribution >= 0.6 is 12.4 Å². The van der Waals surface area contributed by atoms with Crippen molar-refractivity contribution < 1.29 is 9.53 Å². The smallest absolute Gasteiger partial charge is 0.239 e. The third-order valence-electron chi connectivity index (χ3n) is 3.06. The van der Waals surface area contributed by atoms with Gasteiger partial charge in [0.25, 0.3) is 0 Å². The van der Waals surface area contributed by atoms with E-state index in [1.165, 1.54) is 0 Å². The summed E-state index contributed by atoms with van der Waals surface area (Å²) >= 11 is 0. The van der Waals surface area contributed by atoms with E-state index in [0.717, 1.165) is 11.3 Å². The highest BCUT2D eigenvalue weighted by Crippen LogP contribution is 2.12. The van der Waals surface area contributed by atoms with Crippen molar-refractivity contribution in [3.05, 3.63) is 29.8 Å². The van der Waals surface area contributed by atoms with Crippen molar-refractivity contribution in [2.45, 2.75) is 26.8 Å². The second-order valence-corrected chi connectivity index (χ2v) is 5.19. The summed E-state index contributed by atoms with van der Waals surface area (Å²) in [5, 5.41) is 0. The molecule has 1 atom stereocenters. The predicted molar refractivity (Wildman–Crippen MR) is 84.4 cm³/mol. The number of carbonyl (C=O) groups excluding carboxylic acids is 1. The number of ether oxygens (including phenoxy) is 1. The Kier molecular flexibility index (Phi) is 8.26. The van der Waals surface area contributed by atoms with E-state index < -0.39 is 6.04 Å². The summed E-state index contributed by atoms with van der Waals surface area (Å²) in [5.41, 5.74) is 6.99. The van der Waals surface area contributed by atoms with Crippen LogP contribution < -0.4 is 10.5 Å². The van der Waals surface area contributed by atoms with Crippen LogP contribution in [-0.4, -0.2) is 37.0 Å². The molecule has 0 fully saturated rings. The van der Waals surface area contributed by atoms with Crippen molar-refractivity contribution >= 4 is 18.3 Å². The summed E-state index contributed by atoms with van der Waals surface area (Å²) in [4.78, 5) is 13.6. The van der Waals surface area contributed by atoms with E-state index >= 15 is 0 Å². The van der Waals surface area contributed by atoms with E-state index in [1.54, 1.807) is 11.9 Å². The lowest BCUT2D eigenvalue weighted by Gasteiger charge is -2.23. The second kappa shape index (κ2) is 8.82. The summed E-state index contributed by atoms with van der Waals surface area (Å²) in [6.07, 6.45) is 0. The summed E-state index contributed by atoms with van der Waals surface area (Å²) in [6.45, 7) is 6.91. The Balaban J connectivity index is 0.00000361. The van der Waals surface area contributed by atoms with E-state index in [2.05, 4.69) is 0 Å². The van der Waals surface area contributed by atoms with Crippen LogP contribution in [0.1, 0.15) is 19.4 Å². The lowest BCUT2D eigenvalue weighted by Crippen LogP contribution is -2.46. The van der Waals surface area contributed by atoms with Gasteiger partial charge in [0.05, 0.1) is 12.6 Å². The molecule has 0 aliphatic rings. The molecular formula is C15H25ClN2O2. The lowest BCUT2D eigenvalue weighted by molar-refractivity contribution is -0.132. The molecule has 0 saturated carbocycles. The number of aryl methyl sites for hydroxylation is 1. The molecule has 0 aliphatic heterocycles. The quantitative estimate of drug-likeness (QED) is 0.876. The van der Waals surface area contributed by atoms with Gasteiger partial charge in [0.15, 0.2) is 0 Å². The topological polar surface area (TPSA) is 55.6 Å². The van der Waals surface area contributed by atoms with Gasteiger partial charge >= 0.3 is 0 Å². The number of hydrogen-bond donors (Lipinski definition) is 1. The average Bonchev–Trinajstić information content (AvgIpc) is 2.36. The molecule has 0 aliphatic carbocycles. The van der Waals surface area contributed by atoms with Gasteiger partial charge in [0.1, 0.15) is 12.4 Å². The Morgan fingerprint density at radius 2 is 2.05 bits per heavy atom. The van der Waals surface area contributed by atoms with Gasteiger partial charge in [-0.1, -0.05) is 26.0 Å². The third-order valence-corrected chi connectivity index (χ3v) is 3.06. The first-order chi connectivity index (χ1) is 8.91. The number of amides is 1. The van der Waals surface area contributed by atoms with Crippen molar-refractivity contribution in [1.29, 1.82) is 0 Å². The molecule has 5 heteroatoms. The molecule has 4 nitrogen and oxygen atoms in total. The van der Waals surface area contributed by atoms with Crippen LogP contribution in [0.25, 0.3) is 0 Å². The van der Waals surface area contributed by atoms with Gasteiger partial charge in [0, 0.05) is 7.05 Å². The van der Waals surface area contributed by atoms with Gasteiger partial charge in [-0.3, -0.25) is 4.79 Å². The van der Waals surface area contributed by atoms with Crippen molar-refractivity contribution in [2.75, 3.05) is 20.2 Å². The monoisotopic (exact) mass is 300 g/mol. The molecule has 2 N–H and O–H groups in total. The summed E-state index contributed by atoms with van der Waals surface area (Å²) < 4.78 is 5.61. The SMILES string of the molecule is Cc1cccc(OCCN(C)C(=O)C(N)C(C)C)c1.Cl. The summed E-state index contributed by atoms with van der Waals surface area (Å²) in [5.74, 6) is 0.935. The standard InChI is InChI=1S/C15H24N2O2.ClH/c1-11(2)14(16)15(18)17(4)8-9-19-13-7-5-6-12(3)10-13;/h5-7,10-11,14H,8-9,16H2,1-4H3;1H. The highest BCUT2D eigenvalue weighted by molar-refractivity contribution is 5.85. The minimum Gasteiger partial charge on any atom is -0.492 e. The fraction of sp³-hybridized carbons (Fsp3) is 0.533. The summed E-state index contributed by atoms with van der Waals surface area (Å²) in [7, 11) is 1.75. The maximum Gasteiger partial charge on any atom is 0.239 e. The number of nitrogens with two attached hydrogens (primary N) is 1. The fourth-order valence-corrected chi connectivity index (χ4v) is 1.66. The molecule has 0 saturated heterocycles. The highest BCUT2D eigenvalue weighted by Gasteiger charge is 2.20. The molecule has 1 aromatic rings. The van der Waals surface area contributed by atoms with Gasteiger partial charge in [-0.25, -0.2) is 0 Å². The van der Waals surface area contributed by atoms with Gasteiger partial charge < -0.3 is 15.4 Å². The van der Waals surface area contributed by atoms with Crippen LogP contribution in [0.5, 0.6) is 5.75 Å². The molecule has 0 radical (unpaired) electrons. The van der Waals surface area contributed by atoms with Gasteiger partial charge in [0.2, 0.25) is 5.91 Å². The van der Waals surface area contributed by atoms with Gasteiger partial charge in [-0.2, -0.15) is 0 Å². The van der Waals surface area contributed by atoms with Crippen molar-refractivity contribution in [3.8, 4) is 5.75 Å². The van der Waals surface area contributed by atoms with Gasteiger partial charge in [-0.05, 0) is 30.5 Å². The van der Waals surface area contributed by atoms with Crippen LogP contribution in [-0.2, 0) is 4.79 Å². The first kappa shape index (κ1) is 18.7. The summed E-state index contributed by atoms with van der Waals surface area (Å²) in [6, 6.07) is 7.42. The molecule has 114 valence electrons. The lowest BCUT2D eigenvalue weighted by atomic mass is 10.0. The van der Waals surface area contributed by atoms with Crippen LogP contribution in [0, 0.1) is 12.8 Å². The highest BCUT2D eigenvalue weighted by atomic mass is 35.5. The van der Waals surface area contributed by atoms with Crippen LogP contribution in [0.15, 0.2) is 24.3 Å². The molecule has 1 amide bonds. The Labute approximate surface area is 127 Å². The maximum absolute atomic E-state index is 11.9. The Hall–Kier alpha value is -1.26. The van der Waals surface area contributed by atoms with Crippen molar-refractivity contribution in [1.82, 2.24) is 4.90 Å². The van der Waals surface area contributed by atoms with E-state index in [1.807, 2.05) is 45.0 Å². The Morgan fingerprint density at radius 1 is 1.40 bits per heavy atom. The maximum atomic E-state index is 11.9. The zero-order valence-corrected chi connectivity index (χ0v) is 13.4. The molecule has 1 aromatic carbocycles. The van der Waals surface area contributed by atoms with Crippen molar-refractivity contribution in [2.24, 2.45) is 11.7 Å². The molecule has 0 heterocycles. The first-order valence-corrected chi connectivity index (χ1v) is 6.62. The van der Waals surface area contributed by atoms with E-state index in [4.69, 9.17) is 10.5 Å². The molecule has 0 bridgehead atoms. The molecule has 1 rings (SSSR count). The number of hydrogen-bond acceptors (Lipinski definition) is 3. The van der Waals surface area contributed by atoms with Crippen molar-refractivity contribution in [3.63, 3.8) is 0 Å². The van der Waals surface area contributed by atoms with Crippen LogP contribution in [0.4, 0.5) is 0 Å². The third kappa shape index (κ3) is 5.80. The molecular weight excluding hydrogens is 276 g/mol. The number of carbonyl (C=O) groups is 1. The number of benzene rings is 1. The Morgan fingerprint density at radius 3 is 2.60 bits per heavy atom. The average molecular weight is 301 g/mol. The molecule has 20 heavy (non-hydrogen) atoms. The minimum absolute atomic E-state index is 0. The van der Waals surface area contributed by atoms with E-state index in [-0.39, 0.29) is 24.2 Å². The Bertz CT molecular complexity index is 424. The largest absolute Gasteiger partial charge is 0.492 e. The number of halogens is 1. The molecule has 0 aromatic heterocycles. The van der Waals surface area contributed by atoms with E-state index in [0.29, 0.717) is 13.2 Å². The number of nitrogens with zero attached hydrogens (tertiary/aromatic N) is 1. The second-order valence-electron chi connectivity index (χ2n) is 5.19. The van der Waals surface area contributed by atoms with Crippen LogP contribution in [0.2, 0.25) is 0 Å².